The molecule has 1 amide bonds. The number of aromatic nitrogens is 3. The van der Waals surface area contributed by atoms with Crippen LogP contribution < -0.4 is 5.32 Å². The molecule has 0 saturated carbocycles. The largest absolute Gasteiger partial charge is 0.341 e. The van der Waals surface area contributed by atoms with Crippen LogP contribution in [0.2, 0.25) is 0 Å². The smallest absolute Gasteiger partial charge is 0.291 e. The van der Waals surface area contributed by atoms with Gasteiger partial charge in [-0.3, -0.25) is 4.79 Å². The van der Waals surface area contributed by atoms with Crippen molar-refractivity contribution in [2.24, 2.45) is 5.92 Å². The van der Waals surface area contributed by atoms with Crippen LogP contribution in [0.4, 0.5) is 4.39 Å². The highest BCUT2D eigenvalue weighted by atomic mass is 32.1. The van der Waals surface area contributed by atoms with Crippen LogP contribution in [0.5, 0.6) is 0 Å². The van der Waals surface area contributed by atoms with Gasteiger partial charge in [0.2, 0.25) is 5.82 Å². The van der Waals surface area contributed by atoms with Crippen LogP contribution >= 0.6 is 11.3 Å². The summed E-state index contributed by atoms with van der Waals surface area (Å²) in [6.45, 7) is 5.87. The molecule has 1 N–H and O–H groups in total. The Morgan fingerprint density at radius 3 is 2.56 bits per heavy atom. The molecule has 5 nitrogen and oxygen atoms in total. The fraction of sp³-hybridized carbons (Fsp3) is 0.278. The zero-order valence-corrected chi connectivity index (χ0v) is 15.0. The molecule has 0 fully saturated rings. The van der Waals surface area contributed by atoms with Gasteiger partial charge in [0.1, 0.15) is 11.6 Å². The number of thiophene rings is 1. The van der Waals surface area contributed by atoms with Gasteiger partial charge in [-0.05, 0) is 48.6 Å². The number of halogens is 1. The van der Waals surface area contributed by atoms with Crippen molar-refractivity contribution in [3.05, 3.63) is 64.1 Å². The minimum atomic E-state index is -0.324. The van der Waals surface area contributed by atoms with Gasteiger partial charge in [-0.15, -0.1) is 16.4 Å². The Bertz CT molecular complexity index is 856. The number of aryl methyl sites for hydroxylation is 1. The van der Waals surface area contributed by atoms with Crippen LogP contribution in [0.1, 0.15) is 41.2 Å². The van der Waals surface area contributed by atoms with Crippen molar-refractivity contribution < 1.29 is 9.18 Å². The Balaban J connectivity index is 1.83. The summed E-state index contributed by atoms with van der Waals surface area (Å²) in [5.41, 5.74) is 0.657. The standard InChI is InChI=1S/C18H19FN4OS/c1-11(2)16(15-5-4-10-25-15)21-18(24)17-20-12(3)23(22-17)14-8-6-13(19)7-9-14/h4-11,16H,1-3H3,(H,21,24). The van der Waals surface area contributed by atoms with Gasteiger partial charge in [0, 0.05) is 4.88 Å². The molecule has 130 valence electrons. The molecule has 2 aromatic heterocycles. The summed E-state index contributed by atoms with van der Waals surface area (Å²) >= 11 is 1.61. The van der Waals surface area contributed by atoms with E-state index in [9.17, 15) is 9.18 Å². The minimum Gasteiger partial charge on any atom is -0.341 e. The Morgan fingerprint density at radius 1 is 1.24 bits per heavy atom. The lowest BCUT2D eigenvalue weighted by Gasteiger charge is -2.20. The van der Waals surface area contributed by atoms with Crippen molar-refractivity contribution in [3.63, 3.8) is 0 Å². The van der Waals surface area contributed by atoms with Crippen molar-refractivity contribution in [1.82, 2.24) is 20.1 Å². The highest BCUT2D eigenvalue weighted by Gasteiger charge is 2.23. The summed E-state index contributed by atoms with van der Waals surface area (Å²) in [5, 5.41) is 9.28. The lowest BCUT2D eigenvalue weighted by molar-refractivity contribution is 0.0916. The molecule has 1 unspecified atom stereocenters. The molecule has 0 saturated heterocycles. The number of hydrogen-bond acceptors (Lipinski definition) is 4. The topological polar surface area (TPSA) is 59.8 Å². The molecular formula is C18H19FN4OS. The van der Waals surface area contributed by atoms with Gasteiger partial charge in [-0.2, -0.15) is 0 Å². The predicted octanol–water partition coefficient (Wildman–Crippen LogP) is 3.90. The molecule has 1 aromatic carbocycles. The quantitative estimate of drug-likeness (QED) is 0.752. The Kier molecular flexibility index (Phi) is 4.94. The lowest BCUT2D eigenvalue weighted by atomic mass is 10.0. The zero-order valence-electron chi connectivity index (χ0n) is 14.2. The summed E-state index contributed by atoms with van der Waals surface area (Å²) in [7, 11) is 0. The third kappa shape index (κ3) is 3.76. The molecule has 3 aromatic rings. The van der Waals surface area contributed by atoms with Crippen LogP contribution in [0.25, 0.3) is 5.69 Å². The van der Waals surface area contributed by atoms with Crippen LogP contribution in [-0.4, -0.2) is 20.7 Å². The van der Waals surface area contributed by atoms with Crippen LogP contribution in [-0.2, 0) is 0 Å². The molecule has 0 bridgehead atoms. The molecule has 0 aliphatic rings. The maximum atomic E-state index is 13.1. The average Bonchev–Trinajstić information content (AvgIpc) is 3.23. The number of amides is 1. The molecule has 0 spiro atoms. The minimum absolute atomic E-state index is 0.0921. The first-order chi connectivity index (χ1) is 12.0. The highest BCUT2D eigenvalue weighted by molar-refractivity contribution is 7.10. The Labute approximate surface area is 149 Å². The number of nitrogens with zero attached hydrogens (tertiary/aromatic N) is 3. The third-order valence-electron chi connectivity index (χ3n) is 3.85. The van der Waals surface area contributed by atoms with E-state index in [1.165, 1.54) is 16.8 Å². The zero-order chi connectivity index (χ0) is 18.0. The maximum Gasteiger partial charge on any atom is 0.291 e. The summed E-state index contributed by atoms with van der Waals surface area (Å²) < 4.78 is 14.6. The van der Waals surface area contributed by atoms with E-state index in [2.05, 4.69) is 29.2 Å². The van der Waals surface area contributed by atoms with Crippen LogP contribution in [0.15, 0.2) is 41.8 Å². The average molecular weight is 358 g/mol. The summed E-state index contributed by atoms with van der Waals surface area (Å²) in [5.74, 6) is 0.257. The molecule has 3 rings (SSSR count). The first-order valence-corrected chi connectivity index (χ1v) is 8.87. The second-order valence-corrected chi connectivity index (χ2v) is 7.06. The van der Waals surface area contributed by atoms with E-state index in [1.807, 2.05) is 17.5 Å². The highest BCUT2D eigenvalue weighted by Crippen LogP contribution is 2.26. The number of benzene rings is 1. The van der Waals surface area contributed by atoms with Gasteiger partial charge in [0.05, 0.1) is 11.7 Å². The number of hydrogen-bond donors (Lipinski definition) is 1. The van der Waals surface area contributed by atoms with E-state index >= 15 is 0 Å². The normalized spacial score (nSPS) is 12.4. The van der Waals surface area contributed by atoms with E-state index in [1.54, 1.807) is 30.4 Å². The molecule has 0 aliphatic heterocycles. The van der Waals surface area contributed by atoms with E-state index in [0.717, 1.165) is 4.88 Å². The number of rotatable bonds is 5. The monoisotopic (exact) mass is 358 g/mol. The van der Waals surface area contributed by atoms with Gasteiger partial charge in [-0.1, -0.05) is 19.9 Å². The molecule has 0 radical (unpaired) electrons. The van der Waals surface area contributed by atoms with Crippen molar-refractivity contribution >= 4 is 17.2 Å². The van der Waals surface area contributed by atoms with E-state index in [0.29, 0.717) is 11.5 Å². The van der Waals surface area contributed by atoms with Gasteiger partial charge in [-0.25, -0.2) is 14.1 Å². The molecular weight excluding hydrogens is 339 g/mol. The first-order valence-electron chi connectivity index (χ1n) is 7.99. The molecule has 2 heterocycles. The van der Waals surface area contributed by atoms with Gasteiger partial charge < -0.3 is 5.32 Å². The molecule has 25 heavy (non-hydrogen) atoms. The van der Waals surface area contributed by atoms with Crippen LogP contribution in [0.3, 0.4) is 0 Å². The third-order valence-corrected chi connectivity index (χ3v) is 4.80. The van der Waals surface area contributed by atoms with Crippen molar-refractivity contribution in [2.75, 3.05) is 0 Å². The lowest BCUT2D eigenvalue weighted by Crippen LogP contribution is -2.32. The molecule has 1 atom stereocenters. The van der Waals surface area contributed by atoms with Gasteiger partial charge in [0.15, 0.2) is 0 Å². The van der Waals surface area contributed by atoms with Crippen molar-refractivity contribution in [3.8, 4) is 5.69 Å². The maximum absolute atomic E-state index is 13.1. The summed E-state index contributed by atoms with van der Waals surface area (Å²) in [4.78, 5) is 17.9. The fourth-order valence-electron chi connectivity index (χ4n) is 2.55. The van der Waals surface area contributed by atoms with Gasteiger partial charge in [0.25, 0.3) is 5.91 Å². The number of carbonyl (C=O) groups is 1. The van der Waals surface area contributed by atoms with Gasteiger partial charge >= 0.3 is 0 Å². The van der Waals surface area contributed by atoms with E-state index in [4.69, 9.17) is 0 Å². The number of nitrogens with one attached hydrogen (secondary N) is 1. The van der Waals surface area contributed by atoms with E-state index < -0.39 is 0 Å². The fourth-order valence-corrected chi connectivity index (χ4v) is 3.50. The van der Waals surface area contributed by atoms with Crippen molar-refractivity contribution in [2.45, 2.75) is 26.8 Å². The second-order valence-electron chi connectivity index (χ2n) is 6.08. The molecule has 7 heteroatoms. The Hall–Kier alpha value is -2.54. The molecule has 0 aliphatic carbocycles. The SMILES string of the molecule is Cc1nc(C(=O)NC(c2cccs2)C(C)C)nn1-c1ccc(F)cc1. The Morgan fingerprint density at radius 2 is 1.96 bits per heavy atom. The first kappa shape index (κ1) is 17.3. The summed E-state index contributed by atoms with van der Waals surface area (Å²) in [6.07, 6.45) is 0. The predicted molar refractivity (Wildman–Crippen MR) is 95.4 cm³/mol. The van der Waals surface area contributed by atoms with Crippen molar-refractivity contribution in [1.29, 1.82) is 0 Å². The summed E-state index contributed by atoms with van der Waals surface area (Å²) in [6, 6.07) is 9.77. The second kappa shape index (κ2) is 7.14. The van der Waals surface area contributed by atoms with E-state index in [-0.39, 0.29) is 29.5 Å². The number of carbonyl (C=O) groups excluding carboxylic acids is 1. The van der Waals surface area contributed by atoms with Crippen LogP contribution in [0, 0.1) is 18.7 Å².